The number of rotatable bonds is 6. The second-order valence-corrected chi connectivity index (χ2v) is 3.31. The van der Waals surface area contributed by atoms with Crippen molar-refractivity contribution in [3.8, 4) is 0 Å². The molecule has 78 valence electrons. The van der Waals surface area contributed by atoms with E-state index >= 15 is 0 Å². The molecule has 0 saturated carbocycles. The fourth-order valence-electron chi connectivity index (χ4n) is 1.26. The quantitative estimate of drug-likeness (QED) is 0.705. The Morgan fingerprint density at radius 3 is 3.00 bits per heavy atom. The van der Waals surface area contributed by atoms with Crippen molar-refractivity contribution < 1.29 is 4.74 Å². The lowest BCUT2D eigenvalue weighted by Crippen LogP contribution is -2.03. The van der Waals surface area contributed by atoms with Gasteiger partial charge in [-0.05, 0) is 31.9 Å². The van der Waals surface area contributed by atoms with Gasteiger partial charge in [0.2, 0.25) is 0 Å². The molecule has 1 N–H and O–H groups in total. The van der Waals surface area contributed by atoms with Gasteiger partial charge in [-0.15, -0.1) is 0 Å². The lowest BCUT2D eigenvalue weighted by Gasteiger charge is -2.06. The summed E-state index contributed by atoms with van der Waals surface area (Å²) in [5, 5.41) is 3.35. The Morgan fingerprint density at radius 2 is 2.29 bits per heavy atom. The van der Waals surface area contributed by atoms with Crippen molar-refractivity contribution >= 4 is 5.69 Å². The molecule has 1 aromatic heterocycles. The van der Waals surface area contributed by atoms with Crippen LogP contribution in [0.3, 0.4) is 0 Å². The highest BCUT2D eigenvalue weighted by atomic mass is 16.5. The summed E-state index contributed by atoms with van der Waals surface area (Å²) in [5.74, 6) is 0. The minimum Gasteiger partial charge on any atom is -0.385 e. The van der Waals surface area contributed by atoms with Gasteiger partial charge < -0.3 is 10.1 Å². The van der Waals surface area contributed by atoms with Crippen LogP contribution in [0.25, 0.3) is 0 Å². The lowest BCUT2D eigenvalue weighted by atomic mass is 10.3. The Bertz CT molecular complexity index is 263. The van der Waals surface area contributed by atoms with E-state index in [4.69, 9.17) is 4.74 Å². The van der Waals surface area contributed by atoms with Crippen LogP contribution < -0.4 is 5.32 Å². The monoisotopic (exact) mass is 194 g/mol. The summed E-state index contributed by atoms with van der Waals surface area (Å²) < 4.78 is 4.98. The minimum absolute atomic E-state index is 0.844. The SMILES string of the molecule is COCCCCNc1ccnc(C)c1. The predicted octanol–water partition coefficient (Wildman–Crippen LogP) is 2.23. The number of aromatic nitrogens is 1. The lowest BCUT2D eigenvalue weighted by molar-refractivity contribution is 0.194. The Morgan fingerprint density at radius 1 is 1.43 bits per heavy atom. The Balaban J connectivity index is 2.18. The van der Waals surface area contributed by atoms with Crippen molar-refractivity contribution in [1.82, 2.24) is 4.98 Å². The maximum Gasteiger partial charge on any atom is 0.0462 e. The number of ether oxygens (including phenoxy) is 1. The van der Waals surface area contributed by atoms with E-state index in [0.29, 0.717) is 0 Å². The molecule has 0 unspecified atom stereocenters. The van der Waals surface area contributed by atoms with Gasteiger partial charge in [0.05, 0.1) is 0 Å². The van der Waals surface area contributed by atoms with Crippen LogP contribution in [0.4, 0.5) is 5.69 Å². The second kappa shape index (κ2) is 6.38. The van der Waals surface area contributed by atoms with Crippen molar-refractivity contribution in [2.75, 3.05) is 25.6 Å². The zero-order chi connectivity index (χ0) is 10.2. The first-order valence-corrected chi connectivity index (χ1v) is 4.98. The first kappa shape index (κ1) is 11.0. The molecule has 14 heavy (non-hydrogen) atoms. The third-order valence-corrected chi connectivity index (χ3v) is 2.00. The minimum atomic E-state index is 0.844. The average Bonchev–Trinajstić information content (AvgIpc) is 2.18. The van der Waals surface area contributed by atoms with Crippen molar-refractivity contribution in [1.29, 1.82) is 0 Å². The number of pyridine rings is 1. The van der Waals surface area contributed by atoms with Gasteiger partial charge in [-0.1, -0.05) is 0 Å². The van der Waals surface area contributed by atoms with E-state index in [-0.39, 0.29) is 0 Å². The summed E-state index contributed by atoms with van der Waals surface area (Å²) in [7, 11) is 1.74. The van der Waals surface area contributed by atoms with Crippen LogP contribution in [0.15, 0.2) is 18.3 Å². The zero-order valence-electron chi connectivity index (χ0n) is 8.92. The van der Waals surface area contributed by atoms with Gasteiger partial charge in [-0.2, -0.15) is 0 Å². The predicted molar refractivity (Wildman–Crippen MR) is 58.6 cm³/mol. The maximum atomic E-state index is 4.98. The Kier molecular flexibility index (Phi) is 5.00. The molecule has 0 amide bonds. The summed E-state index contributed by atoms with van der Waals surface area (Å²) in [6.45, 7) is 3.83. The summed E-state index contributed by atoms with van der Waals surface area (Å²) in [6.07, 6.45) is 4.07. The highest BCUT2D eigenvalue weighted by Crippen LogP contribution is 2.06. The van der Waals surface area contributed by atoms with E-state index in [0.717, 1.165) is 37.4 Å². The second-order valence-electron chi connectivity index (χ2n) is 3.31. The molecule has 0 aliphatic rings. The van der Waals surface area contributed by atoms with Crippen molar-refractivity contribution in [3.63, 3.8) is 0 Å². The summed E-state index contributed by atoms with van der Waals surface area (Å²) >= 11 is 0. The number of anilines is 1. The first-order chi connectivity index (χ1) is 6.83. The number of unbranched alkanes of at least 4 members (excludes halogenated alkanes) is 1. The van der Waals surface area contributed by atoms with Gasteiger partial charge in [0.15, 0.2) is 0 Å². The van der Waals surface area contributed by atoms with E-state index < -0.39 is 0 Å². The molecule has 0 fully saturated rings. The number of hydrogen-bond donors (Lipinski definition) is 1. The van der Waals surface area contributed by atoms with Crippen molar-refractivity contribution in [3.05, 3.63) is 24.0 Å². The van der Waals surface area contributed by atoms with Gasteiger partial charge in [0, 0.05) is 37.8 Å². The molecule has 0 aromatic carbocycles. The molecular weight excluding hydrogens is 176 g/mol. The average molecular weight is 194 g/mol. The van der Waals surface area contributed by atoms with E-state index in [1.807, 2.05) is 19.2 Å². The summed E-state index contributed by atoms with van der Waals surface area (Å²) in [4.78, 5) is 4.14. The largest absolute Gasteiger partial charge is 0.385 e. The van der Waals surface area contributed by atoms with E-state index in [1.54, 1.807) is 7.11 Å². The molecule has 0 aliphatic carbocycles. The van der Waals surface area contributed by atoms with Gasteiger partial charge in [-0.25, -0.2) is 0 Å². The van der Waals surface area contributed by atoms with Gasteiger partial charge in [-0.3, -0.25) is 4.98 Å². The van der Waals surface area contributed by atoms with E-state index in [1.165, 1.54) is 0 Å². The van der Waals surface area contributed by atoms with E-state index in [2.05, 4.69) is 16.4 Å². The molecule has 1 heterocycles. The molecule has 0 spiro atoms. The summed E-state index contributed by atoms with van der Waals surface area (Å²) in [5.41, 5.74) is 2.20. The summed E-state index contributed by atoms with van der Waals surface area (Å²) in [6, 6.07) is 4.04. The first-order valence-electron chi connectivity index (χ1n) is 4.98. The zero-order valence-corrected chi connectivity index (χ0v) is 8.92. The number of nitrogens with one attached hydrogen (secondary N) is 1. The number of nitrogens with zero attached hydrogens (tertiary/aromatic N) is 1. The Hall–Kier alpha value is -1.09. The number of hydrogen-bond acceptors (Lipinski definition) is 3. The van der Waals surface area contributed by atoms with E-state index in [9.17, 15) is 0 Å². The van der Waals surface area contributed by atoms with Crippen LogP contribution in [-0.2, 0) is 4.74 Å². The third kappa shape index (κ3) is 4.23. The van der Waals surface area contributed by atoms with Crippen LogP contribution >= 0.6 is 0 Å². The van der Waals surface area contributed by atoms with Crippen LogP contribution in [0.1, 0.15) is 18.5 Å². The molecule has 0 bridgehead atoms. The maximum absolute atomic E-state index is 4.98. The molecular formula is C11H18N2O. The molecule has 0 atom stereocenters. The highest BCUT2D eigenvalue weighted by molar-refractivity contribution is 5.42. The third-order valence-electron chi connectivity index (χ3n) is 2.00. The smallest absolute Gasteiger partial charge is 0.0462 e. The highest BCUT2D eigenvalue weighted by Gasteiger charge is 1.92. The molecule has 0 saturated heterocycles. The fourth-order valence-corrected chi connectivity index (χ4v) is 1.26. The van der Waals surface area contributed by atoms with Crippen LogP contribution in [0, 0.1) is 6.92 Å². The van der Waals surface area contributed by atoms with Crippen molar-refractivity contribution in [2.45, 2.75) is 19.8 Å². The topological polar surface area (TPSA) is 34.1 Å². The standard InChI is InChI=1S/C11H18N2O/c1-10-9-11(5-7-12-10)13-6-3-4-8-14-2/h5,7,9H,3-4,6,8H2,1-2H3,(H,12,13). The normalized spacial score (nSPS) is 10.1. The molecule has 1 rings (SSSR count). The molecule has 1 aromatic rings. The van der Waals surface area contributed by atoms with Crippen molar-refractivity contribution in [2.24, 2.45) is 0 Å². The Labute approximate surface area is 85.5 Å². The number of methoxy groups -OCH3 is 1. The molecule has 0 aliphatic heterocycles. The van der Waals surface area contributed by atoms with Gasteiger partial charge in [0.1, 0.15) is 0 Å². The van der Waals surface area contributed by atoms with Gasteiger partial charge in [0.25, 0.3) is 0 Å². The fraction of sp³-hybridized carbons (Fsp3) is 0.545. The number of aryl methyl sites for hydroxylation is 1. The van der Waals surface area contributed by atoms with Crippen LogP contribution in [0.2, 0.25) is 0 Å². The van der Waals surface area contributed by atoms with Gasteiger partial charge >= 0.3 is 0 Å². The molecule has 0 radical (unpaired) electrons. The molecule has 3 heteroatoms. The van der Waals surface area contributed by atoms with Crippen LogP contribution in [-0.4, -0.2) is 25.2 Å². The molecule has 3 nitrogen and oxygen atoms in total. The van der Waals surface area contributed by atoms with Crippen LogP contribution in [0.5, 0.6) is 0 Å².